The van der Waals surface area contributed by atoms with Gasteiger partial charge in [-0.15, -0.1) is 0 Å². The highest BCUT2D eigenvalue weighted by Gasteiger charge is 2.29. The summed E-state index contributed by atoms with van der Waals surface area (Å²) in [7, 11) is 0. The van der Waals surface area contributed by atoms with Crippen LogP contribution in [0.1, 0.15) is 42.1 Å². The van der Waals surface area contributed by atoms with Gasteiger partial charge in [0.1, 0.15) is 0 Å². The number of carbonyl (C=O) groups is 2. The lowest BCUT2D eigenvalue weighted by Crippen LogP contribution is -2.17. The van der Waals surface area contributed by atoms with E-state index in [1.807, 2.05) is 13.8 Å². The van der Waals surface area contributed by atoms with E-state index < -0.39 is 11.8 Å². The smallest absolute Gasteiger partial charge is 0.377 e. The number of benzene rings is 1. The maximum Gasteiger partial charge on any atom is 0.377 e. The molecule has 6 heteroatoms. The fourth-order valence-corrected chi connectivity index (χ4v) is 2.79. The predicted octanol–water partition coefficient (Wildman–Crippen LogP) is 3.00. The van der Waals surface area contributed by atoms with Crippen molar-refractivity contribution in [3.05, 3.63) is 21.7 Å². The van der Waals surface area contributed by atoms with Gasteiger partial charge in [-0.25, -0.2) is 4.79 Å². The number of carboxylic acids is 1. The molecule has 1 aliphatic heterocycles. The molecule has 0 radical (unpaired) electrons. The minimum absolute atomic E-state index is 0.0683. The van der Waals surface area contributed by atoms with Gasteiger partial charge in [-0.05, 0) is 27.9 Å². The van der Waals surface area contributed by atoms with Crippen molar-refractivity contribution in [3.63, 3.8) is 0 Å². The molecule has 1 aromatic rings. The number of halogens is 1. The summed E-state index contributed by atoms with van der Waals surface area (Å²) in [6.07, 6.45) is 0.742. The first-order chi connectivity index (χ1) is 9.43. The molecule has 0 saturated heterocycles. The molecule has 5 nitrogen and oxygen atoms in total. The summed E-state index contributed by atoms with van der Waals surface area (Å²) in [4.78, 5) is 23.0. The van der Waals surface area contributed by atoms with Crippen LogP contribution in [0.25, 0.3) is 0 Å². The van der Waals surface area contributed by atoms with E-state index in [0.29, 0.717) is 34.7 Å². The van der Waals surface area contributed by atoms with E-state index in [4.69, 9.17) is 14.6 Å². The highest BCUT2D eigenvalue weighted by atomic mass is 79.9. The molecule has 1 aromatic carbocycles. The number of carboxylic acid groups (broad SMARTS) is 1. The molecule has 0 atom stereocenters. The Morgan fingerprint density at radius 2 is 1.95 bits per heavy atom. The molecule has 0 saturated carbocycles. The Bertz CT molecular complexity index is 565. The Labute approximate surface area is 125 Å². The van der Waals surface area contributed by atoms with E-state index in [1.54, 1.807) is 6.07 Å². The second-order valence-electron chi connectivity index (χ2n) is 4.81. The Morgan fingerprint density at radius 3 is 2.55 bits per heavy atom. The third-order valence-electron chi connectivity index (χ3n) is 3.03. The molecule has 1 aliphatic rings. The largest absolute Gasteiger partial charge is 0.490 e. The lowest BCUT2D eigenvalue weighted by atomic mass is 9.93. The fraction of sp³-hybridized carbons (Fsp3) is 0.429. The van der Waals surface area contributed by atoms with Gasteiger partial charge >= 0.3 is 5.97 Å². The topological polar surface area (TPSA) is 72.8 Å². The van der Waals surface area contributed by atoms with E-state index in [1.165, 1.54) is 0 Å². The molecular formula is C14H15BrO5. The highest BCUT2D eigenvalue weighted by molar-refractivity contribution is 9.10. The summed E-state index contributed by atoms with van der Waals surface area (Å²) < 4.78 is 11.7. The number of hydrogen-bond donors (Lipinski definition) is 1. The molecule has 108 valence electrons. The molecule has 0 fully saturated rings. The van der Waals surface area contributed by atoms with Crippen LogP contribution >= 0.6 is 15.9 Å². The second-order valence-corrected chi connectivity index (χ2v) is 5.67. The number of hydrogen-bond acceptors (Lipinski definition) is 4. The number of aliphatic carboxylic acids is 1. The number of carbonyl (C=O) groups excluding carboxylic acids is 1. The maximum atomic E-state index is 11.9. The Kier molecular flexibility index (Phi) is 4.32. The van der Waals surface area contributed by atoms with Crippen LogP contribution < -0.4 is 9.47 Å². The van der Waals surface area contributed by atoms with Gasteiger partial charge in [0.2, 0.25) is 0 Å². The molecule has 0 unspecified atom stereocenters. The minimum atomic E-state index is -1.48. The zero-order valence-electron chi connectivity index (χ0n) is 11.2. The lowest BCUT2D eigenvalue weighted by Gasteiger charge is -2.19. The van der Waals surface area contributed by atoms with Crippen molar-refractivity contribution in [2.24, 2.45) is 0 Å². The summed E-state index contributed by atoms with van der Waals surface area (Å²) in [5.41, 5.74) is 0.709. The Hall–Kier alpha value is -1.56. The van der Waals surface area contributed by atoms with Crippen molar-refractivity contribution in [2.75, 3.05) is 13.2 Å². The lowest BCUT2D eigenvalue weighted by molar-refractivity contribution is -0.131. The predicted molar refractivity (Wildman–Crippen MR) is 75.8 cm³/mol. The monoisotopic (exact) mass is 342 g/mol. The van der Waals surface area contributed by atoms with Gasteiger partial charge in [0.15, 0.2) is 11.5 Å². The summed E-state index contributed by atoms with van der Waals surface area (Å²) in [5.74, 6) is -1.48. The Balaban J connectivity index is 2.71. The molecule has 1 N–H and O–H groups in total. The van der Waals surface area contributed by atoms with E-state index in [9.17, 15) is 9.59 Å². The van der Waals surface area contributed by atoms with Gasteiger partial charge in [-0.2, -0.15) is 0 Å². The third-order valence-corrected chi connectivity index (χ3v) is 3.65. The van der Waals surface area contributed by atoms with Crippen molar-refractivity contribution < 1.29 is 24.2 Å². The average Bonchev–Trinajstić information content (AvgIpc) is 2.60. The zero-order chi connectivity index (χ0) is 14.9. The zero-order valence-corrected chi connectivity index (χ0v) is 12.8. The molecular weight excluding hydrogens is 328 g/mol. The van der Waals surface area contributed by atoms with Gasteiger partial charge in [0, 0.05) is 16.5 Å². The number of ketones is 1. The van der Waals surface area contributed by atoms with Crippen molar-refractivity contribution in [3.8, 4) is 11.5 Å². The standard InChI is InChI=1S/C14H15BrO5/c1-7(2)10-11(12(16)14(17)18)8(15)6-9-13(10)20-5-3-4-19-9/h6-7H,3-5H2,1-2H3,(H,17,18). The molecule has 20 heavy (non-hydrogen) atoms. The van der Waals surface area contributed by atoms with Crippen LogP contribution in [0.15, 0.2) is 10.5 Å². The van der Waals surface area contributed by atoms with E-state index in [0.717, 1.165) is 6.42 Å². The first kappa shape index (κ1) is 14.8. The number of rotatable bonds is 3. The first-order valence-corrected chi connectivity index (χ1v) is 7.12. The van der Waals surface area contributed by atoms with Crippen molar-refractivity contribution in [1.82, 2.24) is 0 Å². The molecule has 1 heterocycles. The molecule has 0 bridgehead atoms. The van der Waals surface area contributed by atoms with Crippen molar-refractivity contribution >= 4 is 27.7 Å². The maximum absolute atomic E-state index is 11.9. The van der Waals surface area contributed by atoms with Gasteiger partial charge in [-0.3, -0.25) is 4.79 Å². The number of fused-ring (bicyclic) bond motifs is 1. The molecule has 0 aromatic heterocycles. The number of Topliss-reactive ketones (excluding diaryl/α,β-unsaturated/α-hetero) is 1. The van der Waals surface area contributed by atoms with Crippen LogP contribution in [0, 0.1) is 0 Å². The SMILES string of the molecule is CC(C)c1c2c(cc(Br)c1C(=O)C(=O)O)OCCCO2. The normalized spacial score (nSPS) is 14.0. The summed E-state index contributed by atoms with van der Waals surface area (Å²) in [6.45, 7) is 4.78. The summed E-state index contributed by atoms with van der Waals surface area (Å²) >= 11 is 3.27. The fourth-order valence-electron chi connectivity index (χ4n) is 2.19. The van der Waals surface area contributed by atoms with Crippen LogP contribution in [-0.4, -0.2) is 30.1 Å². The summed E-state index contributed by atoms with van der Waals surface area (Å²) in [5, 5.41) is 8.98. The van der Waals surface area contributed by atoms with Crippen molar-refractivity contribution in [2.45, 2.75) is 26.2 Å². The Morgan fingerprint density at radius 1 is 1.30 bits per heavy atom. The molecule has 2 rings (SSSR count). The molecule has 0 aliphatic carbocycles. The van der Waals surface area contributed by atoms with Crippen LogP contribution in [0.4, 0.5) is 0 Å². The van der Waals surface area contributed by atoms with Crippen molar-refractivity contribution in [1.29, 1.82) is 0 Å². The molecule has 0 amide bonds. The van der Waals surface area contributed by atoms with Gasteiger partial charge in [0.25, 0.3) is 5.78 Å². The van der Waals surface area contributed by atoms with E-state index in [2.05, 4.69) is 15.9 Å². The first-order valence-electron chi connectivity index (χ1n) is 6.33. The van der Waals surface area contributed by atoms with Crippen LogP contribution in [-0.2, 0) is 4.79 Å². The van der Waals surface area contributed by atoms with Crippen LogP contribution in [0.2, 0.25) is 0 Å². The second kappa shape index (κ2) is 5.83. The van der Waals surface area contributed by atoms with Gasteiger partial charge in [0.05, 0.1) is 18.8 Å². The quantitative estimate of drug-likeness (QED) is 0.675. The summed E-state index contributed by atoms with van der Waals surface area (Å²) in [6, 6.07) is 1.60. The van der Waals surface area contributed by atoms with E-state index >= 15 is 0 Å². The van der Waals surface area contributed by atoms with Crippen LogP contribution in [0.5, 0.6) is 11.5 Å². The van der Waals surface area contributed by atoms with E-state index in [-0.39, 0.29) is 11.5 Å². The molecule has 0 spiro atoms. The highest BCUT2D eigenvalue weighted by Crippen LogP contribution is 2.43. The number of ether oxygens (including phenoxy) is 2. The average molecular weight is 343 g/mol. The minimum Gasteiger partial charge on any atom is -0.490 e. The van der Waals surface area contributed by atoms with Crippen LogP contribution in [0.3, 0.4) is 0 Å². The van der Waals surface area contributed by atoms with Gasteiger partial charge in [-0.1, -0.05) is 13.8 Å². The third kappa shape index (κ3) is 2.65. The van der Waals surface area contributed by atoms with Gasteiger partial charge < -0.3 is 14.6 Å².